The molecule has 3 aromatic rings. The highest BCUT2D eigenvalue weighted by Crippen LogP contribution is 2.30. The number of thioether (sulfide) groups is 1. The molecule has 0 unspecified atom stereocenters. The van der Waals surface area contributed by atoms with Crippen LogP contribution >= 0.6 is 23.4 Å². The number of ether oxygens (including phenoxy) is 2. The van der Waals surface area contributed by atoms with Gasteiger partial charge in [-0.3, -0.25) is 5.10 Å². The summed E-state index contributed by atoms with van der Waals surface area (Å²) < 4.78 is 11.4. The van der Waals surface area contributed by atoms with Crippen molar-refractivity contribution >= 4 is 23.4 Å². The van der Waals surface area contributed by atoms with Crippen LogP contribution in [0.25, 0.3) is 11.4 Å². The molecule has 5 nitrogen and oxygen atoms in total. The Bertz CT molecular complexity index is 884. The molecular weight excluding hydrogens is 394 g/mol. The lowest BCUT2D eigenvalue weighted by molar-refractivity contribution is 0.315. The normalized spacial score (nSPS) is 10.8. The summed E-state index contributed by atoms with van der Waals surface area (Å²) in [6.45, 7) is 5.57. The van der Waals surface area contributed by atoms with Gasteiger partial charge in [0.05, 0.1) is 13.2 Å². The Kier molecular flexibility index (Phi) is 7.62. The molecule has 148 valence electrons. The van der Waals surface area contributed by atoms with Crippen LogP contribution in [0.4, 0.5) is 0 Å². The number of aromatic nitrogens is 3. The number of hydrogen-bond acceptors (Lipinski definition) is 5. The molecule has 3 rings (SSSR count). The predicted octanol–water partition coefficient (Wildman–Crippen LogP) is 6.00. The molecule has 0 saturated heterocycles. The Morgan fingerprint density at radius 1 is 1.00 bits per heavy atom. The average Bonchev–Trinajstić information content (AvgIpc) is 3.19. The van der Waals surface area contributed by atoms with E-state index in [0.717, 1.165) is 47.9 Å². The van der Waals surface area contributed by atoms with Crippen molar-refractivity contribution in [2.24, 2.45) is 0 Å². The fourth-order valence-electron chi connectivity index (χ4n) is 2.52. The van der Waals surface area contributed by atoms with E-state index in [2.05, 4.69) is 29.0 Å². The minimum atomic E-state index is 0.681. The topological polar surface area (TPSA) is 60.0 Å². The van der Waals surface area contributed by atoms with Crippen LogP contribution in [0.15, 0.2) is 47.6 Å². The van der Waals surface area contributed by atoms with Crippen LogP contribution in [0.1, 0.15) is 32.3 Å². The smallest absolute Gasteiger partial charge is 0.209 e. The second kappa shape index (κ2) is 10.4. The molecule has 0 aliphatic carbocycles. The Labute approximate surface area is 174 Å². The highest BCUT2D eigenvalue weighted by Gasteiger charge is 2.10. The summed E-state index contributed by atoms with van der Waals surface area (Å²) in [7, 11) is 0. The maximum atomic E-state index is 6.15. The quantitative estimate of drug-likeness (QED) is 0.410. The molecule has 1 heterocycles. The van der Waals surface area contributed by atoms with Crippen LogP contribution in [0.5, 0.6) is 11.5 Å². The van der Waals surface area contributed by atoms with Gasteiger partial charge in [-0.25, -0.2) is 4.98 Å². The molecular formula is C21H24ClN3O2S. The molecule has 0 aliphatic heterocycles. The highest BCUT2D eigenvalue weighted by molar-refractivity contribution is 7.98. The highest BCUT2D eigenvalue weighted by atomic mass is 35.5. The standard InChI is InChI=1S/C21H24ClN3O2S/c1-3-11-26-18-8-5-15(6-9-18)20-23-21(25-24-20)28-14-16-13-17(22)7-10-19(16)27-12-4-2/h5-10,13H,3-4,11-12,14H2,1-2H3,(H,23,24,25). The van der Waals surface area contributed by atoms with Crippen LogP contribution in [0.2, 0.25) is 5.02 Å². The summed E-state index contributed by atoms with van der Waals surface area (Å²) >= 11 is 7.69. The molecule has 1 aromatic heterocycles. The van der Waals surface area contributed by atoms with Gasteiger partial charge < -0.3 is 9.47 Å². The number of H-pyrrole nitrogens is 1. The molecule has 0 bridgehead atoms. The van der Waals surface area contributed by atoms with E-state index in [1.54, 1.807) is 11.8 Å². The van der Waals surface area contributed by atoms with E-state index in [1.807, 2.05) is 42.5 Å². The number of hydrogen-bond donors (Lipinski definition) is 1. The number of nitrogens with one attached hydrogen (secondary N) is 1. The van der Waals surface area contributed by atoms with E-state index in [-0.39, 0.29) is 0 Å². The Hall–Kier alpha value is -2.18. The van der Waals surface area contributed by atoms with Crippen LogP contribution in [0.3, 0.4) is 0 Å². The lowest BCUT2D eigenvalue weighted by Gasteiger charge is -2.10. The fraction of sp³-hybridized carbons (Fsp3) is 0.333. The van der Waals surface area contributed by atoms with Gasteiger partial charge in [0.25, 0.3) is 0 Å². The average molecular weight is 418 g/mol. The van der Waals surface area contributed by atoms with Gasteiger partial charge in [-0.2, -0.15) is 0 Å². The summed E-state index contributed by atoms with van der Waals surface area (Å²) in [5.74, 6) is 3.14. The minimum Gasteiger partial charge on any atom is -0.494 e. The lowest BCUT2D eigenvalue weighted by atomic mass is 10.2. The van der Waals surface area contributed by atoms with Crippen molar-refractivity contribution in [3.05, 3.63) is 53.1 Å². The van der Waals surface area contributed by atoms with E-state index >= 15 is 0 Å². The van der Waals surface area contributed by atoms with E-state index < -0.39 is 0 Å². The largest absolute Gasteiger partial charge is 0.494 e. The third-order valence-electron chi connectivity index (χ3n) is 3.91. The predicted molar refractivity (Wildman–Crippen MR) is 114 cm³/mol. The van der Waals surface area contributed by atoms with Crippen molar-refractivity contribution in [3.63, 3.8) is 0 Å². The van der Waals surface area contributed by atoms with Gasteiger partial charge in [-0.1, -0.05) is 37.2 Å². The first-order valence-electron chi connectivity index (χ1n) is 9.39. The molecule has 0 amide bonds. The van der Waals surface area contributed by atoms with Crippen molar-refractivity contribution < 1.29 is 9.47 Å². The summed E-state index contributed by atoms with van der Waals surface area (Å²) in [6, 6.07) is 13.6. The van der Waals surface area contributed by atoms with E-state index in [0.29, 0.717) is 22.5 Å². The number of aromatic amines is 1. The molecule has 0 fully saturated rings. The zero-order valence-corrected chi connectivity index (χ0v) is 17.6. The first-order chi connectivity index (χ1) is 13.7. The molecule has 7 heteroatoms. The first kappa shape index (κ1) is 20.6. The second-order valence-electron chi connectivity index (χ2n) is 6.23. The van der Waals surface area contributed by atoms with Gasteiger partial charge in [0.2, 0.25) is 5.16 Å². The van der Waals surface area contributed by atoms with Gasteiger partial charge in [0.15, 0.2) is 5.82 Å². The molecule has 0 spiro atoms. The van der Waals surface area contributed by atoms with Crippen molar-refractivity contribution in [1.82, 2.24) is 15.2 Å². The Balaban J connectivity index is 1.64. The van der Waals surface area contributed by atoms with Gasteiger partial charge in [-0.05, 0) is 55.3 Å². The molecule has 1 N–H and O–H groups in total. The monoisotopic (exact) mass is 417 g/mol. The number of halogens is 1. The fourth-order valence-corrected chi connectivity index (χ4v) is 3.50. The first-order valence-corrected chi connectivity index (χ1v) is 10.8. The maximum Gasteiger partial charge on any atom is 0.209 e. The molecule has 0 aliphatic rings. The van der Waals surface area contributed by atoms with Crippen LogP contribution in [-0.4, -0.2) is 28.4 Å². The summed E-state index contributed by atoms with van der Waals surface area (Å²) in [5.41, 5.74) is 2.01. The summed E-state index contributed by atoms with van der Waals surface area (Å²) in [5, 5.41) is 8.69. The van der Waals surface area contributed by atoms with Gasteiger partial charge >= 0.3 is 0 Å². The Morgan fingerprint density at radius 2 is 1.75 bits per heavy atom. The van der Waals surface area contributed by atoms with Crippen molar-refractivity contribution in [2.75, 3.05) is 13.2 Å². The molecule has 28 heavy (non-hydrogen) atoms. The minimum absolute atomic E-state index is 0.681. The van der Waals surface area contributed by atoms with Crippen molar-refractivity contribution in [1.29, 1.82) is 0 Å². The van der Waals surface area contributed by atoms with Gasteiger partial charge in [0, 0.05) is 21.9 Å². The van der Waals surface area contributed by atoms with Gasteiger partial charge in [-0.15, -0.1) is 5.10 Å². The van der Waals surface area contributed by atoms with Crippen LogP contribution in [0, 0.1) is 0 Å². The number of benzene rings is 2. The summed E-state index contributed by atoms with van der Waals surface area (Å²) in [6.07, 6.45) is 1.95. The lowest BCUT2D eigenvalue weighted by Crippen LogP contribution is -1.98. The number of nitrogens with zero attached hydrogens (tertiary/aromatic N) is 2. The van der Waals surface area contributed by atoms with Crippen LogP contribution < -0.4 is 9.47 Å². The van der Waals surface area contributed by atoms with Gasteiger partial charge in [0.1, 0.15) is 11.5 Å². The molecule has 0 atom stereocenters. The van der Waals surface area contributed by atoms with Crippen molar-refractivity contribution in [2.45, 2.75) is 37.6 Å². The van der Waals surface area contributed by atoms with E-state index in [1.165, 1.54) is 0 Å². The van der Waals surface area contributed by atoms with Crippen LogP contribution in [-0.2, 0) is 5.75 Å². The molecule has 0 radical (unpaired) electrons. The Morgan fingerprint density at radius 3 is 2.50 bits per heavy atom. The third-order valence-corrected chi connectivity index (χ3v) is 5.04. The molecule has 0 saturated carbocycles. The zero-order valence-electron chi connectivity index (χ0n) is 16.1. The summed E-state index contributed by atoms with van der Waals surface area (Å²) in [4.78, 5) is 4.58. The van der Waals surface area contributed by atoms with E-state index in [4.69, 9.17) is 21.1 Å². The van der Waals surface area contributed by atoms with Crippen molar-refractivity contribution in [3.8, 4) is 22.9 Å². The maximum absolute atomic E-state index is 6.15. The van der Waals surface area contributed by atoms with E-state index in [9.17, 15) is 0 Å². The zero-order chi connectivity index (χ0) is 19.8. The SMILES string of the molecule is CCCOc1ccc(-c2nc(SCc3cc(Cl)ccc3OCCC)n[nH]2)cc1. The second-order valence-corrected chi connectivity index (χ2v) is 7.61. The molecule has 2 aromatic carbocycles. The third kappa shape index (κ3) is 5.66. The number of rotatable bonds is 10.